The Morgan fingerprint density at radius 2 is 1.90 bits per heavy atom. The molecule has 0 atom stereocenters. The van der Waals surface area contributed by atoms with Gasteiger partial charge >= 0.3 is 5.97 Å². The molecule has 0 heterocycles. The predicted molar refractivity (Wildman–Crippen MR) is 78.9 cm³/mol. The summed E-state index contributed by atoms with van der Waals surface area (Å²) in [5.41, 5.74) is 0.345. The topological polar surface area (TPSA) is 55.4 Å². The van der Waals surface area contributed by atoms with E-state index in [2.05, 4.69) is 5.32 Å². The van der Waals surface area contributed by atoms with Crippen molar-refractivity contribution < 1.29 is 18.7 Å². The van der Waals surface area contributed by atoms with Crippen LogP contribution in [0.15, 0.2) is 30.3 Å². The third-order valence-corrected chi connectivity index (χ3v) is 2.99. The molecule has 0 aliphatic rings. The molecule has 1 N–H and O–H groups in total. The molecule has 0 unspecified atom stereocenters. The van der Waals surface area contributed by atoms with Crippen LogP contribution in [0.5, 0.6) is 0 Å². The molecule has 0 aliphatic heterocycles. The van der Waals surface area contributed by atoms with Gasteiger partial charge in [0.25, 0.3) is 5.91 Å². The maximum absolute atomic E-state index is 12.7. The Balaban J connectivity index is 2.40. The number of carbonyl (C=O) groups is 2. The summed E-state index contributed by atoms with van der Waals surface area (Å²) in [6.07, 6.45) is 3.47. The van der Waals surface area contributed by atoms with E-state index in [1.165, 1.54) is 36.4 Å². The van der Waals surface area contributed by atoms with Crippen LogP contribution in [0.1, 0.15) is 32.8 Å². The minimum absolute atomic E-state index is 0.323. The highest BCUT2D eigenvalue weighted by Gasteiger charge is 2.18. The number of hydrogen-bond acceptors (Lipinski definition) is 3. The fraction of sp³-hybridized carbons (Fsp3) is 0.375. The first kappa shape index (κ1) is 16.9. The largest absolute Gasteiger partial charge is 0.452 e. The number of benzene rings is 1. The van der Waals surface area contributed by atoms with E-state index >= 15 is 0 Å². The second kappa shape index (κ2) is 7.57. The maximum atomic E-state index is 12.7. The van der Waals surface area contributed by atoms with Gasteiger partial charge in [0.15, 0.2) is 6.61 Å². The smallest absolute Gasteiger partial charge is 0.331 e. The summed E-state index contributed by atoms with van der Waals surface area (Å²) < 4.78 is 17.5. The van der Waals surface area contributed by atoms with E-state index in [1.807, 2.05) is 20.8 Å². The molecule has 0 spiro atoms. The van der Waals surface area contributed by atoms with Crippen LogP contribution in [-0.2, 0) is 14.3 Å². The van der Waals surface area contributed by atoms with Crippen molar-refractivity contribution >= 4 is 18.0 Å². The molecule has 0 bridgehead atoms. The number of halogens is 1. The standard InChI is InChI=1S/C16H20FNO3/c1-4-16(2,3)18-14(19)11-21-15(20)10-7-12-5-8-13(17)9-6-12/h5-10H,4,11H2,1-3H3,(H,18,19)/b10-7+. The van der Waals surface area contributed by atoms with Crippen molar-refractivity contribution in [3.8, 4) is 0 Å². The number of amides is 1. The molecule has 1 rings (SSSR count). The van der Waals surface area contributed by atoms with Gasteiger partial charge in [0, 0.05) is 11.6 Å². The van der Waals surface area contributed by atoms with Gasteiger partial charge in [-0.2, -0.15) is 0 Å². The van der Waals surface area contributed by atoms with Crippen molar-refractivity contribution in [1.82, 2.24) is 5.32 Å². The first-order chi connectivity index (χ1) is 9.82. The summed E-state index contributed by atoms with van der Waals surface area (Å²) in [7, 11) is 0. The lowest BCUT2D eigenvalue weighted by Gasteiger charge is -2.24. The minimum atomic E-state index is -0.622. The first-order valence-corrected chi connectivity index (χ1v) is 6.74. The molecule has 4 nitrogen and oxygen atoms in total. The first-order valence-electron chi connectivity index (χ1n) is 6.74. The molecule has 21 heavy (non-hydrogen) atoms. The Labute approximate surface area is 124 Å². The molecule has 0 radical (unpaired) electrons. The highest BCUT2D eigenvalue weighted by atomic mass is 19.1. The quantitative estimate of drug-likeness (QED) is 0.648. The summed E-state index contributed by atoms with van der Waals surface area (Å²) in [6, 6.07) is 5.67. The molecule has 0 aliphatic carbocycles. The highest BCUT2D eigenvalue weighted by Crippen LogP contribution is 2.06. The SMILES string of the molecule is CCC(C)(C)NC(=O)COC(=O)/C=C/c1ccc(F)cc1. The second-order valence-corrected chi connectivity index (χ2v) is 5.28. The van der Waals surface area contributed by atoms with Gasteiger partial charge in [-0.15, -0.1) is 0 Å². The van der Waals surface area contributed by atoms with Crippen molar-refractivity contribution in [3.63, 3.8) is 0 Å². The molecule has 114 valence electrons. The van der Waals surface area contributed by atoms with Crippen molar-refractivity contribution in [2.45, 2.75) is 32.7 Å². The van der Waals surface area contributed by atoms with Crippen LogP contribution in [0.3, 0.4) is 0 Å². The minimum Gasteiger partial charge on any atom is -0.452 e. The van der Waals surface area contributed by atoms with E-state index in [0.717, 1.165) is 6.42 Å². The average molecular weight is 293 g/mol. The molecule has 1 aromatic carbocycles. The molecular weight excluding hydrogens is 273 g/mol. The maximum Gasteiger partial charge on any atom is 0.331 e. The number of rotatable bonds is 6. The van der Waals surface area contributed by atoms with Crippen molar-refractivity contribution in [1.29, 1.82) is 0 Å². The third-order valence-electron chi connectivity index (χ3n) is 2.99. The Morgan fingerprint density at radius 1 is 1.29 bits per heavy atom. The van der Waals surface area contributed by atoms with Gasteiger partial charge in [-0.25, -0.2) is 9.18 Å². The molecular formula is C16H20FNO3. The summed E-state index contributed by atoms with van der Waals surface area (Å²) in [6.45, 7) is 5.41. The van der Waals surface area contributed by atoms with Crippen LogP contribution in [0, 0.1) is 5.82 Å². The zero-order valence-corrected chi connectivity index (χ0v) is 12.5. The van der Waals surface area contributed by atoms with E-state index < -0.39 is 5.97 Å². The Bertz CT molecular complexity index is 521. The zero-order chi connectivity index (χ0) is 15.9. The number of carbonyl (C=O) groups excluding carboxylic acids is 2. The van der Waals surface area contributed by atoms with E-state index in [4.69, 9.17) is 4.74 Å². The second-order valence-electron chi connectivity index (χ2n) is 5.28. The fourth-order valence-electron chi connectivity index (χ4n) is 1.42. The zero-order valence-electron chi connectivity index (χ0n) is 12.5. The monoisotopic (exact) mass is 293 g/mol. The van der Waals surface area contributed by atoms with Crippen LogP contribution in [0.25, 0.3) is 6.08 Å². The molecule has 1 aromatic rings. The van der Waals surface area contributed by atoms with Crippen molar-refractivity contribution in [2.75, 3.05) is 6.61 Å². The summed E-state index contributed by atoms with van der Waals surface area (Å²) in [5, 5.41) is 2.76. The van der Waals surface area contributed by atoms with E-state index in [0.29, 0.717) is 5.56 Å². The van der Waals surface area contributed by atoms with Crippen LogP contribution in [-0.4, -0.2) is 24.0 Å². The van der Waals surface area contributed by atoms with Crippen molar-refractivity contribution in [3.05, 3.63) is 41.7 Å². The fourth-order valence-corrected chi connectivity index (χ4v) is 1.42. The Morgan fingerprint density at radius 3 is 2.48 bits per heavy atom. The van der Waals surface area contributed by atoms with Gasteiger partial charge in [0.2, 0.25) is 0 Å². The Kier molecular flexibility index (Phi) is 6.09. The lowest BCUT2D eigenvalue weighted by atomic mass is 10.0. The van der Waals surface area contributed by atoms with Gasteiger partial charge in [-0.3, -0.25) is 4.79 Å². The average Bonchev–Trinajstić information content (AvgIpc) is 2.44. The van der Waals surface area contributed by atoms with Gasteiger partial charge in [0.05, 0.1) is 0 Å². The normalized spacial score (nSPS) is 11.4. The molecule has 0 aromatic heterocycles. The lowest BCUT2D eigenvalue weighted by Crippen LogP contribution is -2.44. The van der Waals surface area contributed by atoms with Gasteiger partial charge in [0.1, 0.15) is 5.82 Å². The van der Waals surface area contributed by atoms with Gasteiger partial charge in [-0.1, -0.05) is 19.1 Å². The van der Waals surface area contributed by atoms with Crippen LogP contribution < -0.4 is 5.32 Å². The van der Waals surface area contributed by atoms with E-state index in [1.54, 1.807) is 0 Å². The number of ether oxygens (including phenoxy) is 1. The molecule has 1 amide bonds. The predicted octanol–water partition coefficient (Wildman–Crippen LogP) is 2.69. The number of hydrogen-bond donors (Lipinski definition) is 1. The lowest BCUT2D eigenvalue weighted by molar-refractivity contribution is -0.144. The van der Waals surface area contributed by atoms with Gasteiger partial charge < -0.3 is 10.1 Å². The highest BCUT2D eigenvalue weighted by molar-refractivity contribution is 5.89. The number of nitrogens with one attached hydrogen (secondary N) is 1. The summed E-state index contributed by atoms with van der Waals surface area (Å²) in [5.74, 6) is -1.31. The molecule has 5 heteroatoms. The van der Waals surface area contributed by atoms with Crippen LogP contribution >= 0.6 is 0 Å². The molecule has 0 saturated heterocycles. The number of esters is 1. The van der Waals surface area contributed by atoms with E-state index in [9.17, 15) is 14.0 Å². The van der Waals surface area contributed by atoms with Crippen LogP contribution in [0.2, 0.25) is 0 Å². The van der Waals surface area contributed by atoms with Gasteiger partial charge in [-0.05, 0) is 44.0 Å². The summed E-state index contributed by atoms with van der Waals surface area (Å²) >= 11 is 0. The van der Waals surface area contributed by atoms with Crippen LogP contribution in [0.4, 0.5) is 4.39 Å². The summed E-state index contributed by atoms with van der Waals surface area (Å²) in [4.78, 5) is 23.0. The third kappa shape index (κ3) is 6.70. The Hall–Kier alpha value is -2.17. The van der Waals surface area contributed by atoms with E-state index in [-0.39, 0.29) is 23.9 Å². The van der Waals surface area contributed by atoms with Crippen molar-refractivity contribution in [2.24, 2.45) is 0 Å². The molecule has 0 saturated carbocycles. The molecule has 0 fully saturated rings.